The lowest BCUT2D eigenvalue weighted by atomic mass is 10.0. The van der Waals surface area contributed by atoms with Gasteiger partial charge in [0.2, 0.25) is 0 Å². The van der Waals surface area contributed by atoms with Crippen molar-refractivity contribution >= 4 is 34.1 Å². The molecule has 3 fully saturated rings. The monoisotopic (exact) mass is 459 g/mol. The number of hydrogen-bond donors (Lipinski definition) is 2. The normalized spacial score (nSPS) is 30.5. The molecule has 7 nitrogen and oxygen atoms in total. The largest absolute Gasteiger partial charge is 0.492 e. The van der Waals surface area contributed by atoms with Gasteiger partial charge < -0.3 is 25.0 Å². The smallest absolute Gasteiger partial charge is 0.196 e. The zero-order valence-electron chi connectivity index (χ0n) is 18.1. The van der Waals surface area contributed by atoms with E-state index in [1.54, 1.807) is 0 Å². The van der Waals surface area contributed by atoms with Crippen LogP contribution in [0.15, 0.2) is 15.9 Å². The van der Waals surface area contributed by atoms with Crippen molar-refractivity contribution in [3.8, 4) is 5.75 Å². The molecule has 2 saturated carbocycles. The number of aromatic nitrogens is 1. The van der Waals surface area contributed by atoms with E-state index in [4.69, 9.17) is 10.5 Å². The minimum Gasteiger partial charge on any atom is -0.492 e. The molecular formula is C23H26FN3O4S. The van der Waals surface area contributed by atoms with Crippen LogP contribution in [0, 0.1) is 17.7 Å². The number of rotatable bonds is 5. The Morgan fingerprint density at radius 1 is 1.41 bits per heavy atom. The predicted molar refractivity (Wildman–Crippen MR) is 120 cm³/mol. The van der Waals surface area contributed by atoms with Gasteiger partial charge in [-0.3, -0.25) is 9.59 Å². The number of carbonyl (C=O) groups excluding carboxylic acids is 1. The molecule has 1 aromatic heterocycles. The van der Waals surface area contributed by atoms with Crippen molar-refractivity contribution in [2.24, 2.45) is 17.6 Å². The van der Waals surface area contributed by atoms with Crippen LogP contribution < -0.4 is 20.8 Å². The van der Waals surface area contributed by atoms with E-state index in [-0.39, 0.29) is 28.0 Å². The molecule has 0 amide bonds. The second-order valence-electron chi connectivity index (χ2n) is 9.54. The summed E-state index contributed by atoms with van der Waals surface area (Å²) in [6, 6.07) is 1.45. The fourth-order valence-corrected chi connectivity index (χ4v) is 7.65. The molecule has 4 unspecified atom stereocenters. The van der Waals surface area contributed by atoms with Crippen LogP contribution in [0.1, 0.15) is 37.8 Å². The first-order chi connectivity index (χ1) is 15.3. The van der Waals surface area contributed by atoms with E-state index in [1.807, 2.05) is 4.90 Å². The molecule has 1 saturated heterocycles. The zero-order valence-corrected chi connectivity index (χ0v) is 18.9. The molecule has 0 spiro atoms. The average Bonchev–Trinajstić information content (AvgIpc) is 3.60. The Bertz CT molecular complexity index is 1240. The standard InChI is InChI=1S/C23H26FN3O4S/c1-10(28)15-21-23(15,30)16-19(29)13-7-14(24)18(26-6-5-11(8-25)9-26)20(31-2)17(13)27(12-3-4-12)22(16)32-21/h7,11-12,15,21,30H,3-6,8-9,25H2,1-2H3. The molecule has 4 aliphatic rings. The summed E-state index contributed by atoms with van der Waals surface area (Å²) in [6.45, 7) is 3.31. The first-order valence-electron chi connectivity index (χ1n) is 11.2. The summed E-state index contributed by atoms with van der Waals surface area (Å²) >= 11 is 1.40. The molecule has 4 atom stereocenters. The van der Waals surface area contributed by atoms with E-state index in [9.17, 15) is 14.7 Å². The van der Waals surface area contributed by atoms with Crippen LogP contribution in [-0.2, 0) is 10.4 Å². The number of halogens is 1. The van der Waals surface area contributed by atoms with Crippen molar-refractivity contribution in [3.63, 3.8) is 0 Å². The Labute approximate surface area is 188 Å². The molecule has 170 valence electrons. The summed E-state index contributed by atoms with van der Waals surface area (Å²) in [6.07, 6.45) is 2.77. The fraction of sp³-hybridized carbons (Fsp3) is 0.565. The van der Waals surface area contributed by atoms with Crippen molar-refractivity contribution in [3.05, 3.63) is 27.7 Å². The fourth-order valence-electron chi connectivity index (χ4n) is 5.78. The second kappa shape index (κ2) is 6.71. The maximum absolute atomic E-state index is 15.5. The van der Waals surface area contributed by atoms with Crippen LogP contribution in [0.25, 0.3) is 10.9 Å². The number of nitrogens with zero attached hydrogens (tertiary/aromatic N) is 2. The summed E-state index contributed by atoms with van der Waals surface area (Å²) in [5.41, 5.74) is 5.19. The lowest BCUT2D eigenvalue weighted by Gasteiger charge is -2.26. The van der Waals surface area contributed by atoms with Gasteiger partial charge in [-0.25, -0.2) is 4.39 Å². The van der Waals surface area contributed by atoms with Gasteiger partial charge in [-0.15, -0.1) is 11.8 Å². The van der Waals surface area contributed by atoms with E-state index >= 15 is 4.39 Å². The zero-order chi connectivity index (χ0) is 22.5. The van der Waals surface area contributed by atoms with E-state index in [0.717, 1.165) is 19.3 Å². The first-order valence-corrected chi connectivity index (χ1v) is 12.0. The molecule has 32 heavy (non-hydrogen) atoms. The molecule has 2 aliphatic carbocycles. The Morgan fingerprint density at radius 2 is 2.16 bits per heavy atom. The lowest BCUT2D eigenvalue weighted by molar-refractivity contribution is -0.119. The third-order valence-electron chi connectivity index (χ3n) is 7.56. The van der Waals surface area contributed by atoms with Gasteiger partial charge in [-0.05, 0) is 44.7 Å². The van der Waals surface area contributed by atoms with Gasteiger partial charge >= 0.3 is 0 Å². The van der Waals surface area contributed by atoms with Gasteiger partial charge in [-0.1, -0.05) is 0 Å². The van der Waals surface area contributed by atoms with Crippen LogP contribution >= 0.6 is 11.8 Å². The molecule has 3 heterocycles. The molecule has 0 radical (unpaired) electrons. The molecule has 2 aliphatic heterocycles. The molecule has 1 aromatic carbocycles. The molecule has 3 N–H and O–H groups in total. The number of ether oxygens (including phenoxy) is 1. The Morgan fingerprint density at radius 3 is 2.75 bits per heavy atom. The van der Waals surface area contributed by atoms with Crippen LogP contribution in [0.2, 0.25) is 0 Å². The number of hydrogen-bond acceptors (Lipinski definition) is 7. The van der Waals surface area contributed by atoms with Crippen LogP contribution in [-0.4, -0.2) is 47.5 Å². The predicted octanol–water partition coefficient (Wildman–Crippen LogP) is 2.15. The van der Waals surface area contributed by atoms with E-state index in [0.29, 0.717) is 47.5 Å². The minimum absolute atomic E-state index is 0.129. The highest BCUT2D eigenvalue weighted by atomic mass is 32.2. The van der Waals surface area contributed by atoms with Crippen LogP contribution in [0.5, 0.6) is 5.75 Å². The van der Waals surface area contributed by atoms with E-state index in [2.05, 4.69) is 4.57 Å². The number of carbonyl (C=O) groups is 1. The summed E-state index contributed by atoms with van der Waals surface area (Å²) < 4.78 is 23.4. The van der Waals surface area contributed by atoms with Crippen molar-refractivity contribution < 1.29 is 19.0 Å². The first kappa shape index (κ1) is 20.5. The van der Waals surface area contributed by atoms with Crippen molar-refractivity contribution in [1.29, 1.82) is 0 Å². The highest BCUT2D eigenvalue weighted by Crippen LogP contribution is 2.68. The third-order valence-corrected chi connectivity index (χ3v) is 9.07. The summed E-state index contributed by atoms with van der Waals surface area (Å²) in [5, 5.41) is 11.8. The number of thioether (sulfide) groups is 1. The average molecular weight is 460 g/mol. The number of fused-ring (bicyclic) bond motifs is 4. The number of anilines is 1. The quantitative estimate of drug-likeness (QED) is 0.707. The SMILES string of the molecule is COc1c(N2CCC(CN)C2)c(F)cc2c(=O)c3c(n(C4CC4)c12)SC1C(C(C)=O)C31O. The van der Waals surface area contributed by atoms with Crippen LogP contribution in [0.4, 0.5) is 10.1 Å². The second-order valence-corrected chi connectivity index (χ2v) is 10.7. The van der Waals surface area contributed by atoms with Crippen molar-refractivity contribution in [2.45, 2.75) is 48.1 Å². The summed E-state index contributed by atoms with van der Waals surface area (Å²) in [5.74, 6) is -0.571. The Balaban J connectivity index is 1.63. The minimum atomic E-state index is -1.46. The highest BCUT2D eigenvalue weighted by molar-refractivity contribution is 8.00. The van der Waals surface area contributed by atoms with Gasteiger partial charge in [-0.2, -0.15) is 0 Å². The topological polar surface area (TPSA) is 97.8 Å². The third kappa shape index (κ3) is 2.50. The van der Waals surface area contributed by atoms with E-state index in [1.165, 1.54) is 31.9 Å². The number of ketones is 1. The number of Topliss-reactive ketones (excluding diaryl/α,β-unsaturated/α-hetero) is 1. The van der Waals surface area contributed by atoms with Gasteiger partial charge in [0.15, 0.2) is 17.0 Å². The van der Waals surface area contributed by atoms with Crippen molar-refractivity contribution in [2.75, 3.05) is 31.6 Å². The maximum atomic E-state index is 15.5. The number of methoxy groups -OCH3 is 1. The number of nitrogens with two attached hydrogens (primary N) is 1. The van der Waals surface area contributed by atoms with E-state index < -0.39 is 22.8 Å². The van der Waals surface area contributed by atoms with Gasteiger partial charge in [0.25, 0.3) is 0 Å². The van der Waals surface area contributed by atoms with Crippen LogP contribution in [0.3, 0.4) is 0 Å². The number of benzene rings is 1. The molecule has 6 rings (SSSR count). The Kier molecular flexibility index (Phi) is 4.30. The lowest BCUT2D eigenvalue weighted by Crippen LogP contribution is -2.27. The number of aliphatic hydroxyl groups is 1. The van der Waals surface area contributed by atoms with Crippen molar-refractivity contribution in [1.82, 2.24) is 4.57 Å². The molecular weight excluding hydrogens is 433 g/mol. The summed E-state index contributed by atoms with van der Waals surface area (Å²) in [4.78, 5) is 27.7. The maximum Gasteiger partial charge on any atom is 0.196 e. The molecule has 0 bridgehead atoms. The van der Waals surface area contributed by atoms with Gasteiger partial charge in [0.1, 0.15) is 17.1 Å². The Hall–Kier alpha value is -2.10. The van der Waals surface area contributed by atoms with Gasteiger partial charge in [0, 0.05) is 19.1 Å². The number of pyridine rings is 1. The highest BCUT2D eigenvalue weighted by Gasteiger charge is 2.74. The molecule has 2 aromatic rings. The molecule has 9 heteroatoms. The van der Waals surface area contributed by atoms with Gasteiger partial charge in [0.05, 0.1) is 39.8 Å². The summed E-state index contributed by atoms with van der Waals surface area (Å²) in [7, 11) is 1.51.